The molecule has 2 N–H and O–H groups in total. The van der Waals surface area contributed by atoms with Gasteiger partial charge in [-0.15, -0.1) is 21.5 Å². The number of amides is 2. The Morgan fingerprint density at radius 2 is 1.70 bits per heavy atom. The van der Waals surface area contributed by atoms with Gasteiger partial charge in [0.2, 0.25) is 11.0 Å². The van der Waals surface area contributed by atoms with Crippen molar-refractivity contribution < 1.29 is 28.7 Å². The number of nitrogens with one attached hydrogen (secondary N) is 2. The fraction of sp³-hybridized carbons (Fsp3) is 0.333. The topological polar surface area (TPSA) is 137 Å². The molecule has 10 nitrogen and oxygen atoms in total. The largest absolute Gasteiger partial charge is 0.462 e. The van der Waals surface area contributed by atoms with Crippen LogP contribution in [0.15, 0.2) is 28.6 Å². The molecule has 3 rings (SSSR count). The molecule has 0 fully saturated rings. The Morgan fingerprint density at radius 1 is 1.00 bits per heavy atom. The summed E-state index contributed by atoms with van der Waals surface area (Å²) in [6.07, 6.45) is 0. The van der Waals surface area contributed by atoms with Gasteiger partial charge in [-0.25, -0.2) is 9.59 Å². The van der Waals surface area contributed by atoms with E-state index in [1.807, 2.05) is 13.0 Å². The van der Waals surface area contributed by atoms with Crippen molar-refractivity contribution in [3.05, 3.63) is 51.4 Å². The Balaban J connectivity index is 1.70. The van der Waals surface area contributed by atoms with Gasteiger partial charge in [-0.1, -0.05) is 40.8 Å². The Bertz CT molecular complexity index is 1320. The molecule has 0 saturated carbocycles. The van der Waals surface area contributed by atoms with Crippen molar-refractivity contribution >= 4 is 68.3 Å². The Kier molecular flexibility index (Phi) is 9.78. The zero-order valence-corrected chi connectivity index (χ0v) is 23.3. The number of aromatic nitrogens is 2. The zero-order chi connectivity index (χ0) is 27.1. The van der Waals surface area contributed by atoms with Crippen LogP contribution in [-0.2, 0) is 14.3 Å². The standard InChI is InChI=1S/C24H26N4O6S3/c1-6-33-21(31)16-13(4)17(22(32)34-7-2)36-20(16)25-18(29)14(5)35-24-28-27-23(37-24)26-19(30)15-10-8-9-12(3)11-15/h8-11,14H,6-7H2,1-5H3,(H,25,29)(H,26,27,30). The molecule has 13 heteroatoms. The third-order valence-corrected chi connectivity index (χ3v) is 8.09. The highest BCUT2D eigenvalue weighted by Gasteiger charge is 2.28. The van der Waals surface area contributed by atoms with Crippen LogP contribution >= 0.6 is 34.4 Å². The summed E-state index contributed by atoms with van der Waals surface area (Å²) in [5.74, 6) is -1.93. The van der Waals surface area contributed by atoms with Gasteiger partial charge in [-0.05, 0) is 52.3 Å². The Labute approximate surface area is 226 Å². The molecule has 0 aliphatic rings. The highest BCUT2D eigenvalue weighted by atomic mass is 32.2. The van der Waals surface area contributed by atoms with Crippen molar-refractivity contribution in [1.82, 2.24) is 10.2 Å². The van der Waals surface area contributed by atoms with Crippen molar-refractivity contribution in [3.8, 4) is 0 Å². The summed E-state index contributed by atoms with van der Waals surface area (Å²) in [5, 5.41) is 13.4. The van der Waals surface area contributed by atoms with Gasteiger partial charge in [-0.2, -0.15) is 0 Å². The number of hydrogen-bond donors (Lipinski definition) is 2. The van der Waals surface area contributed by atoms with Crippen LogP contribution in [-0.4, -0.2) is 52.4 Å². The first kappa shape index (κ1) is 28.3. The first-order chi connectivity index (χ1) is 17.6. The van der Waals surface area contributed by atoms with Gasteiger partial charge in [0.25, 0.3) is 5.91 Å². The lowest BCUT2D eigenvalue weighted by molar-refractivity contribution is -0.115. The van der Waals surface area contributed by atoms with Crippen LogP contribution in [0.25, 0.3) is 0 Å². The van der Waals surface area contributed by atoms with Crippen LogP contribution in [0.5, 0.6) is 0 Å². The lowest BCUT2D eigenvalue weighted by atomic mass is 10.1. The van der Waals surface area contributed by atoms with Gasteiger partial charge in [0.15, 0.2) is 4.34 Å². The number of carbonyl (C=O) groups excluding carboxylic acids is 4. The predicted octanol–water partition coefficient (Wildman–Crippen LogP) is 4.94. The fourth-order valence-electron chi connectivity index (χ4n) is 3.12. The molecular weight excluding hydrogens is 536 g/mol. The number of nitrogens with zero attached hydrogens (tertiary/aromatic N) is 2. The smallest absolute Gasteiger partial charge is 0.348 e. The molecule has 0 aliphatic carbocycles. The lowest BCUT2D eigenvalue weighted by Crippen LogP contribution is -2.23. The first-order valence-corrected chi connectivity index (χ1v) is 13.8. The summed E-state index contributed by atoms with van der Waals surface area (Å²) in [4.78, 5) is 50.5. The molecule has 2 amide bonds. The highest BCUT2D eigenvalue weighted by Crippen LogP contribution is 2.36. The van der Waals surface area contributed by atoms with Gasteiger partial charge in [0, 0.05) is 5.56 Å². The molecule has 196 valence electrons. The molecule has 3 aromatic rings. The van der Waals surface area contributed by atoms with Crippen molar-refractivity contribution in [2.45, 2.75) is 44.2 Å². The van der Waals surface area contributed by atoms with E-state index in [1.54, 1.807) is 45.9 Å². The summed E-state index contributed by atoms with van der Waals surface area (Å²) in [6.45, 7) is 8.84. The maximum absolute atomic E-state index is 13.0. The van der Waals surface area contributed by atoms with Crippen LogP contribution < -0.4 is 10.6 Å². The highest BCUT2D eigenvalue weighted by molar-refractivity contribution is 8.02. The third-order valence-electron chi connectivity index (χ3n) is 4.88. The van der Waals surface area contributed by atoms with Gasteiger partial charge in [-0.3, -0.25) is 14.9 Å². The van der Waals surface area contributed by atoms with Gasteiger partial charge < -0.3 is 14.8 Å². The van der Waals surface area contributed by atoms with Crippen molar-refractivity contribution in [2.24, 2.45) is 0 Å². The number of rotatable bonds is 10. The van der Waals surface area contributed by atoms with E-state index in [0.717, 1.165) is 40.0 Å². The third kappa shape index (κ3) is 7.14. The van der Waals surface area contributed by atoms with Crippen molar-refractivity contribution in [1.29, 1.82) is 0 Å². The second-order valence-electron chi connectivity index (χ2n) is 7.65. The number of benzene rings is 1. The molecule has 1 aromatic carbocycles. The number of esters is 2. The molecule has 0 saturated heterocycles. The number of aryl methyl sites for hydroxylation is 1. The first-order valence-electron chi connectivity index (χ1n) is 11.3. The summed E-state index contributed by atoms with van der Waals surface area (Å²) in [7, 11) is 0. The second-order valence-corrected chi connectivity index (χ2v) is 11.2. The molecule has 2 aromatic heterocycles. The maximum atomic E-state index is 13.0. The molecule has 0 aliphatic heterocycles. The fourth-order valence-corrected chi connectivity index (χ4v) is 6.11. The van der Waals surface area contributed by atoms with E-state index in [2.05, 4.69) is 20.8 Å². The maximum Gasteiger partial charge on any atom is 0.348 e. The van der Waals surface area contributed by atoms with E-state index in [0.29, 0.717) is 20.6 Å². The molecule has 0 radical (unpaired) electrons. The van der Waals surface area contributed by atoms with Crippen LogP contribution in [0.1, 0.15) is 62.3 Å². The van der Waals surface area contributed by atoms with Gasteiger partial charge >= 0.3 is 11.9 Å². The van der Waals surface area contributed by atoms with E-state index in [1.165, 1.54) is 0 Å². The average molecular weight is 563 g/mol. The molecule has 1 atom stereocenters. The predicted molar refractivity (Wildman–Crippen MR) is 144 cm³/mol. The molecule has 2 heterocycles. The van der Waals surface area contributed by atoms with E-state index in [9.17, 15) is 19.2 Å². The zero-order valence-electron chi connectivity index (χ0n) is 20.9. The molecule has 0 spiro atoms. The summed E-state index contributed by atoms with van der Waals surface area (Å²) in [5.41, 5.74) is 1.97. The SMILES string of the molecule is CCOC(=O)c1sc(NC(=O)C(C)Sc2nnc(NC(=O)c3cccc(C)c3)s2)c(C(=O)OCC)c1C. The Hall–Kier alpha value is -3.29. The van der Waals surface area contributed by atoms with Crippen LogP contribution in [0, 0.1) is 13.8 Å². The lowest BCUT2D eigenvalue weighted by Gasteiger charge is -2.10. The number of carbonyl (C=O) groups is 4. The number of thiophene rings is 1. The van der Waals surface area contributed by atoms with Gasteiger partial charge in [0.05, 0.1) is 24.0 Å². The quantitative estimate of drug-likeness (QED) is 0.200. The van der Waals surface area contributed by atoms with Crippen molar-refractivity contribution in [2.75, 3.05) is 23.8 Å². The van der Waals surface area contributed by atoms with E-state index >= 15 is 0 Å². The Morgan fingerprint density at radius 3 is 2.38 bits per heavy atom. The van der Waals surface area contributed by atoms with Crippen LogP contribution in [0.2, 0.25) is 0 Å². The van der Waals surface area contributed by atoms with E-state index in [-0.39, 0.29) is 34.6 Å². The number of thioether (sulfide) groups is 1. The summed E-state index contributed by atoms with van der Waals surface area (Å²) >= 11 is 3.25. The molecule has 1 unspecified atom stereocenters. The minimum absolute atomic E-state index is 0.123. The minimum Gasteiger partial charge on any atom is -0.462 e. The summed E-state index contributed by atoms with van der Waals surface area (Å²) in [6, 6.07) is 7.16. The van der Waals surface area contributed by atoms with E-state index in [4.69, 9.17) is 9.47 Å². The van der Waals surface area contributed by atoms with Crippen molar-refractivity contribution in [3.63, 3.8) is 0 Å². The number of anilines is 2. The van der Waals surface area contributed by atoms with E-state index < -0.39 is 23.1 Å². The normalized spacial score (nSPS) is 11.5. The molecule has 37 heavy (non-hydrogen) atoms. The monoisotopic (exact) mass is 562 g/mol. The second kappa shape index (κ2) is 12.8. The number of ether oxygens (including phenoxy) is 2. The van der Waals surface area contributed by atoms with Crippen LogP contribution in [0.3, 0.4) is 0 Å². The van der Waals surface area contributed by atoms with Crippen LogP contribution in [0.4, 0.5) is 10.1 Å². The summed E-state index contributed by atoms with van der Waals surface area (Å²) < 4.78 is 10.7. The van der Waals surface area contributed by atoms with Gasteiger partial charge in [0.1, 0.15) is 9.88 Å². The molecular formula is C24H26N4O6S3. The number of hydrogen-bond acceptors (Lipinski definition) is 11. The molecule has 0 bridgehead atoms. The average Bonchev–Trinajstić information content (AvgIpc) is 3.42. The minimum atomic E-state index is -0.638.